The number of benzene rings is 1. The molecule has 0 heterocycles. The molecule has 0 saturated heterocycles. The smallest absolute Gasteiger partial charge is 0.251 e. The van der Waals surface area contributed by atoms with Gasteiger partial charge < -0.3 is 10.4 Å². The standard InChI is InChI=1S/C10H11BrClNO2/c1-6(5-14)13-10(15)7-2-3-8(11)9(12)4-7/h2-4,6,14H,5H2,1H3,(H,13,15)/t6-/m1/s1. The zero-order chi connectivity index (χ0) is 11.4. The van der Waals surface area contributed by atoms with E-state index in [2.05, 4.69) is 21.2 Å². The highest BCUT2D eigenvalue weighted by Gasteiger charge is 2.10. The van der Waals surface area contributed by atoms with Crippen LogP contribution in [-0.4, -0.2) is 23.7 Å². The lowest BCUT2D eigenvalue weighted by Crippen LogP contribution is -2.34. The van der Waals surface area contributed by atoms with Gasteiger partial charge in [-0.15, -0.1) is 0 Å². The Balaban J connectivity index is 2.78. The molecule has 1 aromatic carbocycles. The fraction of sp³-hybridized carbons (Fsp3) is 0.300. The Labute approximate surface area is 102 Å². The van der Waals surface area contributed by atoms with Gasteiger partial charge in [0.05, 0.1) is 11.6 Å². The first-order valence-corrected chi connectivity index (χ1v) is 5.58. The number of rotatable bonds is 3. The Hall–Kier alpha value is -0.580. The van der Waals surface area contributed by atoms with Crippen LogP contribution in [0.25, 0.3) is 0 Å². The van der Waals surface area contributed by atoms with Crippen LogP contribution >= 0.6 is 27.5 Å². The van der Waals surface area contributed by atoms with Crippen LogP contribution in [0.5, 0.6) is 0 Å². The topological polar surface area (TPSA) is 49.3 Å². The second-order valence-electron chi connectivity index (χ2n) is 3.19. The lowest BCUT2D eigenvalue weighted by Gasteiger charge is -2.10. The third-order valence-electron chi connectivity index (χ3n) is 1.83. The fourth-order valence-electron chi connectivity index (χ4n) is 0.990. The first-order chi connectivity index (χ1) is 7.04. The largest absolute Gasteiger partial charge is 0.394 e. The number of carbonyl (C=O) groups excluding carboxylic acids is 1. The molecule has 1 rings (SSSR count). The molecular weight excluding hydrogens is 281 g/mol. The Morgan fingerprint density at radius 3 is 2.87 bits per heavy atom. The summed E-state index contributed by atoms with van der Waals surface area (Å²) < 4.78 is 0.746. The molecule has 5 heteroatoms. The highest BCUT2D eigenvalue weighted by Crippen LogP contribution is 2.23. The van der Waals surface area contributed by atoms with E-state index in [1.54, 1.807) is 25.1 Å². The molecule has 0 aromatic heterocycles. The lowest BCUT2D eigenvalue weighted by atomic mass is 10.2. The molecule has 0 radical (unpaired) electrons. The first-order valence-electron chi connectivity index (χ1n) is 4.41. The molecule has 0 aliphatic carbocycles. The highest BCUT2D eigenvalue weighted by molar-refractivity contribution is 9.10. The quantitative estimate of drug-likeness (QED) is 0.897. The zero-order valence-corrected chi connectivity index (χ0v) is 10.5. The fourth-order valence-corrected chi connectivity index (χ4v) is 1.42. The van der Waals surface area contributed by atoms with Gasteiger partial charge in [0.25, 0.3) is 5.91 Å². The average molecular weight is 293 g/mol. The second-order valence-corrected chi connectivity index (χ2v) is 4.45. The van der Waals surface area contributed by atoms with Crippen LogP contribution in [0.3, 0.4) is 0 Å². The Morgan fingerprint density at radius 2 is 2.33 bits per heavy atom. The van der Waals surface area contributed by atoms with Crippen molar-refractivity contribution in [2.45, 2.75) is 13.0 Å². The minimum absolute atomic E-state index is 0.0873. The highest BCUT2D eigenvalue weighted by atomic mass is 79.9. The van der Waals surface area contributed by atoms with Crippen molar-refractivity contribution in [3.8, 4) is 0 Å². The van der Waals surface area contributed by atoms with E-state index in [0.29, 0.717) is 10.6 Å². The van der Waals surface area contributed by atoms with Crippen LogP contribution in [0.15, 0.2) is 22.7 Å². The summed E-state index contributed by atoms with van der Waals surface area (Å²) in [7, 11) is 0. The van der Waals surface area contributed by atoms with E-state index in [4.69, 9.17) is 16.7 Å². The molecule has 82 valence electrons. The van der Waals surface area contributed by atoms with E-state index >= 15 is 0 Å². The molecule has 0 fully saturated rings. The van der Waals surface area contributed by atoms with Gasteiger partial charge in [0.2, 0.25) is 0 Å². The normalized spacial score (nSPS) is 12.3. The van der Waals surface area contributed by atoms with E-state index in [0.717, 1.165) is 4.47 Å². The number of aliphatic hydroxyl groups excluding tert-OH is 1. The molecule has 0 aliphatic heterocycles. The van der Waals surface area contributed by atoms with Crippen molar-refractivity contribution in [1.82, 2.24) is 5.32 Å². The minimum atomic E-state index is -0.264. The number of amides is 1. The Morgan fingerprint density at radius 1 is 1.67 bits per heavy atom. The summed E-state index contributed by atoms with van der Waals surface area (Å²) in [4.78, 5) is 11.6. The summed E-state index contributed by atoms with van der Waals surface area (Å²) in [6.45, 7) is 1.63. The molecule has 0 bridgehead atoms. The lowest BCUT2D eigenvalue weighted by molar-refractivity contribution is 0.0922. The Kier molecular flexibility index (Phi) is 4.57. The van der Waals surface area contributed by atoms with Gasteiger partial charge in [0.1, 0.15) is 0 Å². The van der Waals surface area contributed by atoms with Gasteiger partial charge >= 0.3 is 0 Å². The summed E-state index contributed by atoms with van der Waals surface area (Å²) in [6, 6.07) is 4.68. The van der Waals surface area contributed by atoms with Gasteiger partial charge in [-0.3, -0.25) is 4.79 Å². The van der Waals surface area contributed by atoms with Crippen LogP contribution < -0.4 is 5.32 Å². The molecule has 0 aliphatic rings. The van der Waals surface area contributed by atoms with E-state index < -0.39 is 0 Å². The summed E-state index contributed by atoms with van der Waals surface area (Å²) in [6.07, 6.45) is 0. The summed E-state index contributed by atoms with van der Waals surface area (Å²) in [5, 5.41) is 11.9. The molecule has 1 amide bonds. The number of carbonyl (C=O) groups is 1. The maximum atomic E-state index is 11.6. The predicted octanol–water partition coefficient (Wildman–Crippen LogP) is 2.21. The second kappa shape index (κ2) is 5.49. The third kappa shape index (κ3) is 3.48. The molecule has 0 saturated carbocycles. The van der Waals surface area contributed by atoms with Crippen LogP contribution in [-0.2, 0) is 0 Å². The first kappa shape index (κ1) is 12.5. The van der Waals surface area contributed by atoms with Crippen LogP contribution in [0.4, 0.5) is 0 Å². The van der Waals surface area contributed by atoms with Gasteiger partial charge in [-0.1, -0.05) is 11.6 Å². The van der Waals surface area contributed by atoms with Crippen molar-refractivity contribution >= 4 is 33.4 Å². The van der Waals surface area contributed by atoms with E-state index in [1.807, 2.05) is 0 Å². The van der Waals surface area contributed by atoms with Gasteiger partial charge in [-0.2, -0.15) is 0 Å². The molecule has 2 N–H and O–H groups in total. The average Bonchev–Trinajstić information content (AvgIpc) is 2.21. The monoisotopic (exact) mass is 291 g/mol. The van der Waals surface area contributed by atoms with Gasteiger partial charge in [0.15, 0.2) is 0 Å². The summed E-state index contributed by atoms with van der Waals surface area (Å²) >= 11 is 9.09. The molecule has 1 aromatic rings. The number of halogens is 2. The summed E-state index contributed by atoms with van der Waals surface area (Å²) in [5.41, 5.74) is 0.475. The number of hydrogen-bond donors (Lipinski definition) is 2. The van der Waals surface area contributed by atoms with Gasteiger partial charge in [0, 0.05) is 16.1 Å². The maximum Gasteiger partial charge on any atom is 0.251 e. The van der Waals surface area contributed by atoms with E-state index in [-0.39, 0.29) is 18.6 Å². The molecule has 15 heavy (non-hydrogen) atoms. The van der Waals surface area contributed by atoms with Crippen molar-refractivity contribution in [2.75, 3.05) is 6.61 Å². The van der Waals surface area contributed by atoms with Crippen molar-refractivity contribution in [3.63, 3.8) is 0 Å². The van der Waals surface area contributed by atoms with Crippen LogP contribution in [0.1, 0.15) is 17.3 Å². The van der Waals surface area contributed by atoms with Crippen molar-refractivity contribution < 1.29 is 9.90 Å². The molecule has 0 unspecified atom stereocenters. The number of hydrogen-bond acceptors (Lipinski definition) is 2. The summed E-state index contributed by atoms with van der Waals surface area (Å²) in [5.74, 6) is -0.244. The predicted molar refractivity (Wildman–Crippen MR) is 63.2 cm³/mol. The van der Waals surface area contributed by atoms with Crippen molar-refractivity contribution in [3.05, 3.63) is 33.3 Å². The van der Waals surface area contributed by atoms with Gasteiger partial charge in [-0.05, 0) is 41.1 Å². The molecule has 0 spiro atoms. The SMILES string of the molecule is C[C@H](CO)NC(=O)c1ccc(Br)c(Cl)c1. The van der Waals surface area contributed by atoms with Gasteiger partial charge in [-0.25, -0.2) is 0 Å². The molecule has 3 nitrogen and oxygen atoms in total. The van der Waals surface area contributed by atoms with Crippen LogP contribution in [0, 0.1) is 0 Å². The third-order valence-corrected chi connectivity index (χ3v) is 3.07. The maximum absolute atomic E-state index is 11.6. The zero-order valence-electron chi connectivity index (χ0n) is 8.13. The van der Waals surface area contributed by atoms with Crippen LogP contribution in [0.2, 0.25) is 5.02 Å². The van der Waals surface area contributed by atoms with Crippen molar-refractivity contribution in [1.29, 1.82) is 0 Å². The Bertz CT molecular complexity index is 370. The number of aliphatic hydroxyl groups is 1. The number of nitrogens with one attached hydrogen (secondary N) is 1. The van der Waals surface area contributed by atoms with Crippen molar-refractivity contribution in [2.24, 2.45) is 0 Å². The minimum Gasteiger partial charge on any atom is -0.394 e. The van der Waals surface area contributed by atoms with E-state index in [9.17, 15) is 4.79 Å². The van der Waals surface area contributed by atoms with E-state index in [1.165, 1.54) is 0 Å². The molecule has 1 atom stereocenters. The molecular formula is C10H11BrClNO2.